The van der Waals surface area contributed by atoms with Crippen LogP contribution in [0.2, 0.25) is 0 Å². The van der Waals surface area contributed by atoms with E-state index in [4.69, 9.17) is 4.74 Å². The van der Waals surface area contributed by atoms with Gasteiger partial charge in [-0.1, -0.05) is 26.7 Å². The van der Waals surface area contributed by atoms with Gasteiger partial charge in [0.05, 0.1) is 6.61 Å². The Morgan fingerprint density at radius 2 is 1.90 bits per heavy atom. The second-order valence-electron chi connectivity index (χ2n) is 7.16. The molecular formula is C17H34N2O. The largest absolute Gasteiger partial charge is 0.383 e. The molecule has 2 fully saturated rings. The third-order valence-corrected chi connectivity index (χ3v) is 5.27. The summed E-state index contributed by atoms with van der Waals surface area (Å²) < 4.78 is 5.31. The van der Waals surface area contributed by atoms with Crippen molar-refractivity contribution in [3.63, 3.8) is 0 Å². The minimum atomic E-state index is 0.513. The maximum atomic E-state index is 5.31. The fourth-order valence-corrected chi connectivity index (χ4v) is 3.63. The molecule has 20 heavy (non-hydrogen) atoms. The van der Waals surface area contributed by atoms with Gasteiger partial charge in [0.2, 0.25) is 0 Å². The molecule has 0 aromatic heterocycles. The van der Waals surface area contributed by atoms with E-state index in [9.17, 15) is 0 Å². The van der Waals surface area contributed by atoms with Gasteiger partial charge in [-0.15, -0.1) is 0 Å². The monoisotopic (exact) mass is 282 g/mol. The number of nitrogens with one attached hydrogen (secondary N) is 1. The Balaban J connectivity index is 1.94. The molecule has 0 atom stereocenters. The summed E-state index contributed by atoms with van der Waals surface area (Å²) in [7, 11) is 1.82. The van der Waals surface area contributed by atoms with E-state index < -0.39 is 0 Å². The van der Waals surface area contributed by atoms with Gasteiger partial charge in [0.25, 0.3) is 0 Å². The lowest BCUT2D eigenvalue weighted by molar-refractivity contribution is 0.0643. The average Bonchev–Trinajstić information content (AvgIpc) is 3.29. The Labute approximate surface area is 125 Å². The van der Waals surface area contributed by atoms with Crippen molar-refractivity contribution in [1.29, 1.82) is 0 Å². The van der Waals surface area contributed by atoms with Gasteiger partial charge >= 0.3 is 0 Å². The molecule has 3 heteroatoms. The fraction of sp³-hybridized carbons (Fsp3) is 1.00. The van der Waals surface area contributed by atoms with Crippen molar-refractivity contribution in [2.45, 2.75) is 58.4 Å². The maximum absolute atomic E-state index is 5.31. The van der Waals surface area contributed by atoms with Crippen LogP contribution in [0.3, 0.4) is 0 Å². The van der Waals surface area contributed by atoms with Crippen molar-refractivity contribution in [3.8, 4) is 0 Å². The highest BCUT2D eigenvalue weighted by Gasteiger charge is 2.39. The van der Waals surface area contributed by atoms with Crippen molar-refractivity contribution in [3.05, 3.63) is 0 Å². The summed E-state index contributed by atoms with van der Waals surface area (Å²) in [5.41, 5.74) is 0.513. The van der Waals surface area contributed by atoms with E-state index in [0.717, 1.165) is 31.7 Å². The average molecular weight is 282 g/mol. The van der Waals surface area contributed by atoms with E-state index in [1.807, 2.05) is 7.11 Å². The molecule has 0 unspecified atom stereocenters. The molecule has 2 aliphatic rings. The first kappa shape index (κ1) is 16.3. The molecule has 2 rings (SSSR count). The molecule has 0 amide bonds. The number of methoxy groups -OCH3 is 1. The van der Waals surface area contributed by atoms with Crippen molar-refractivity contribution in [1.82, 2.24) is 10.2 Å². The van der Waals surface area contributed by atoms with Gasteiger partial charge in [0.15, 0.2) is 0 Å². The Morgan fingerprint density at radius 1 is 1.20 bits per heavy atom. The molecule has 0 radical (unpaired) electrons. The predicted molar refractivity (Wildman–Crippen MR) is 85.1 cm³/mol. The molecule has 1 N–H and O–H groups in total. The topological polar surface area (TPSA) is 24.5 Å². The van der Waals surface area contributed by atoms with Gasteiger partial charge in [-0.2, -0.15) is 0 Å². The zero-order valence-electron chi connectivity index (χ0n) is 13.8. The highest BCUT2D eigenvalue weighted by molar-refractivity contribution is 4.93. The Kier molecular flexibility index (Phi) is 6.31. The maximum Gasteiger partial charge on any atom is 0.0589 e. The van der Waals surface area contributed by atoms with Crippen LogP contribution in [0.1, 0.15) is 52.4 Å². The molecule has 2 aliphatic carbocycles. The summed E-state index contributed by atoms with van der Waals surface area (Å²) in [6.45, 7) is 10.2. The van der Waals surface area contributed by atoms with E-state index in [0.29, 0.717) is 5.41 Å². The van der Waals surface area contributed by atoms with E-state index in [2.05, 4.69) is 24.1 Å². The van der Waals surface area contributed by atoms with Crippen LogP contribution in [0.15, 0.2) is 0 Å². The van der Waals surface area contributed by atoms with E-state index in [-0.39, 0.29) is 0 Å². The first-order valence-corrected chi connectivity index (χ1v) is 8.63. The van der Waals surface area contributed by atoms with Crippen LogP contribution >= 0.6 is 0 Å². The van der Waals surface area contributed by atoms with Gasteiger partial charge < -0.3 is 10.1 Å². The third-order valence-electron chi connectivity index (χ3n) is 5.27. The summed E-state index contributed by atoms with van der Waals surface area (Å²) in [6, 6.07) is 0.850. The van der Waals surface area contributed by atoms with Gasteiger partial charge in [0, 0.05) is 32.8 Å². The van der Waals surface area contributed by atoms with Crippen LogP contribution in [0.25, 0.3) is 0 Å². The summed E-state index contributed by atoms with van der Waals surface area (Å²) in [5.74, 6) is 0.929. The van der Waals surface area contributed by atoms with Gasteiger partial charge in [-0.3, -0.25) is 4.90 Å². The second kappa shape index (κ2) is 7.77. The summed E-state index contributed by atoms with van der Waals surface area (Å²) in [4.78, 5) is 2.72. The highest BCUT2D eigenvalue weighted by Crippen LogP contribution is 2.41. The Hall–Kier alpha value is -0.120. The van der Waals surface area contributed by atoms with E-state index in [1.165, 1.54) is 51.6 Å². The smallest absolute Gasteiger partial charge is 0.0589 e. The van der Waals surface area contributed by atoms with Gasteiger partial charge in [0.1, 0.15) is 0 Å². The molecule has 0 saturated heterocycles. The SMILES string of the molecule is CCNCC1(CN(CCOC)C2CC2)CCC(C)CC1. The quantitative estimate of drug-likeness (QED) is 0.704. The number of rotatable bonds is 9. The first-order valence-electron chi connectivity index (χ1n) is 8.63. The molecule has 0 heterocycles. The van der Waals surface area contributed by atoms with Crippen molar-refractivity contribution >= 4 is 0 Å². The third kappa shape index (κ3) is 4.71. The van der Waals surface area contributed by atoms with Crippen molar-refractivity contribution < 1.29 is 4.74 Å². The molecule has 0 spiro atoms. The van der Waals surface area contributed by atoms with Crippen LogP contribution in [-0.2, 0) is 4.74 Å². The van der Waals surface area contributed by atoms with Gasteiger partial charge in [-0.05, 0) is 43.6 Å². The molecule has 2 saturated carbocycles. The standard InChI is InChI=1S/C17H34N2O/c1-4-18-13-17(9-7-15(2)8-10-17)14-19(11-12-20-3)16-5-6-16/h15-16,18H,4-14H2,1-3H3. The highest BCUT2D eigenvalue weighted by atomic mass is 16.5. The molecule has 0 aromatic carbocycles. The van der Waals surface area contributed by atoms with Crippen molar-refractivity contribution in [2.75, 3.05) is 39.9 Å². The zero-order chi connectivity index (χ0) is 14.4. The molecule has 0 bridgehead atoms. The lowest BCUT2D eigenvalue weighted by Gasteiger charge is -2.43. The van der Waals surface area contributed by atoms with Crippen LogP contribution in [0.4, 0.5) is 0 Å². The molecule has 118 valence electrons. The predicted octanol–water partition coefficient (Wildman–Crippen LogP) is 2.90. The van der Waals surface area contributed by atoms with E-state index >= 15 is 0 Å². The number of hydrogen-bond acceptors (Lipinski definition) is 3. The fourth-order valence-electron chi connectivity index (χ4n) is 3.63. The minimum Gasteiger partial charge on any atom is -0.383 e. The summed E-state index contributed by atoms with van der Waals surface area (Å²) in [6.07, 6.45) is 8.42. The summed E-state index contributed by atoms with van der Waals surface area (Å²) in [5, 5.41) is 3.64. The Bertz CT molecular complexity index is 265. The van der Waals surface area contributed by atoms with Crippen LogP contribution in [0, 0.1) is 11.3 Å². The Morgan fingerprint density at radius 3 is 2.45 bits per heavy atom. The first-order chi connectivity index (χ1) is 9.69. The van der Waals surface area contributed by atoms with Gasteiger partial charge in [-0.25, -0.2) is 0 Å². The summed E-state index contributed by atoms with van der Waals surface area (Å²) >= 11 is 0. The molecule has 0 aliphatic heterocycles. The number of nitrogens with zero attached hydrogens (tertiary/aromatic N) is 1. The molecular weight excluding hydrogens is 248 g/mol. The molecule has 3 nitrogen and oxygen atoms in total. The number of ether oxygens (including phenoxy) is 1. The lowest BCUT2D eigenvalue weighted by atomic mass is 9.70. The number of hydrogen-bond donors (Lipinski definition) is 1. The second-order valence-corrected chi connectivity index (χ2v) is 7.16. The van der Waals surface area contributed by atoms with E-state index in [1.54, 1.807) is 0 Å². The molecule has 0 aromatic rings. The minimum absolute atomic E-state index is 0.513. The van der Waals surface area contributed by atoms with Crippen LogP contribution < -0.4 is 5.32 Å². The lowest BCUT2D eigenvalue weighted by Crippen LogP contribution is -2.47. The van der Waals surface area contributed by atoms with Crippen molar-refractivity contribution in [2.24, 2.45) is 11.3 Å². The van der Waals surface area contributed by atoms with Crippen LogP contribution in [0.5, 0.6) is 0 Å². The normalized spacial score (nSPS) is 30.9. The van der Waals surface area contributed by atoms with Crippen LogP contribution in [-0.4, -0.2) is 50.8 Å². The zero-order valence-corrected chi connectivity index (χ0v) is 13.8.